The van der Waals surface area contributed by atoms with Crippen molar-refractivity contribution >= 4 is 0 Å². The summed E-state index contributed by atoms with van der Waals surface area (Å²) in [6, 6.07) is 24.9. The maximum Gasteiger partial charge on any atom is 0.120 e. The highest BCUT2D eigenvalue weighted by atomic mass is 16.3. The second-order valence-corrected chi connectivity index (χ2v) is 6.77. The normalized spacial score (nSPS) is 11.1. The van der Waals surface area contributed by atoms with E-state index in [2.05, 4.69) is 19.9 Å². The van der Waals surface area contributed by atoms with Gasteiger partial charge in [0.05, 0.1) is 23.1 Å². The highest BCUT2D eigenvalue weighted by Gasteiger charge is 2.26. The fraction of sp³-hybridized carbons (Fsp3) is 0.125. The molecule has 3 heterocycles. The second-order valence-electron chi connectivity index (χ2n) is 6.77. The van der Waals surface area contributed by atoms with Crippen LogP contribution in [0.2, 0.25) is 0 Å². The molecular formula is C24H22N4O. The molecule has 0 spiro atoms. The number of aromatic hydroxyl groups is 1. The van der Waals surface area contributed by atoms with Crippen LogP contribution < -0.4 is 0 Å². The molecule has 29 heavy (non-hydrogen) atoms. The van der Waals surface area contributed by atoms with Crippen LogP contribution in [0.5, 0.6) is 5.75 Å². The molecule has 144 valence electrons. The van der Waals surface area contributed by atoms with Gasteiger partial charge in [0, 0.05) is 37.2 Å². The van der Waals surface area contributed by atoms with Crippen molar-refractivity contribution in [3.63, 3.8) is 0 Å². The predicted octanol–water partition coefficient (Wildman–Crippen LogP) is 4.37. The SMILES string of the molecule is Oc1ccccc1CN(Cc1ccccn1)C(c1ccccn1)c1ccccn1. The molecule has 0 saturated heterocycles. The Balaban J connectivity index is 1.78. The molecule has 0 aliphatic rings. The van der Waals surface area contributed by atoms with Crippen molar-refractivity contribution in [1.82, 2.24) is 19.9 Å². The summed E-state index contributed by atoms with van der Waals surface area (Å²) < 4.78 is 0. The molecule has 0 fully saturated rings. The van der Waals surface area contributed by atoms with E-state index in [9.17, 15) is 5.11 Å². The molecular weight excluding hydrogens is 360 g/mol. The number of rotatable bonds is 7. The van der Waals surface area contributed by atoms with Crippen LogP contribution in [0.25, 0.3) is 0 Å². The highest BCUT2D eigenvalue weighted by Crippen LogP contribution is 2.30. The average molecular weight is 382 g/mol. The average Bonchev–Trinajstić information content (AvgIpc) is 2.78. The van der Waals surface area contributed by atoms with Crippen LogP contribution in [-0.4, -0.2) is 25.0 Å². The van der Waals surface area contributed by atoms with E-state index >= 15 is 0 Å². The first-order chi connectivity index (χ1) is 14.3. The highest BCUT2D eigenvalue weighted by molar-refractivity contribution is 5.32. The number of nitrogens with zero attached hydrogens (tertiary/aromatic N) is 4. The lowest BCUT2D eigenvalue weighted by Crippen LogP contribution is -2.30. The van der Waals surface area contributed by atoms with E-state index in [0.717, 1.165) is 22.6 Å². The molecule has 0 radical (unpaired) electrons. The molecule has 0 bridgehead atoms. The Labute approximate surface area is 170 Å². The van der Waals surface area contributed by atoms with Gasteiger partial charge in [-0.25, -0.2) is 0 Å². The molecule has 1 aromatic carbocycles. The Kier molecular flexibility index (Phi) is 5.88. The van der Waals surface area contributed by atoms with Gasteiger partial charge < -0.3 is 5.11 Å². The molecule has 4 rings (SSSR count). The van der Waals surface area contributed by atoms with Crippen molar-refractivity contribution in [1.29, 1.82) is 0 Å². The van der Waals surface area contributed by atoms with Crippen LogP contribution in [0.3, 0.4) is 0 Å². The summed E-state index contributed by atoms with van der Waals surface area (Å²) in [6.45, 7) is 1.12. The first kappa shape index (κ1) is 18.8. The lowest BCUT2D eigenvalue weighted by molar-refractivity contribution is 0.195. The molecule has 0 saturated carbocycles. The van der Waals surface area contributed by atoms with E-state index in [1.165, 1.54) is 0 Å². The van der Waals surface area contributed by atoms with Crippen LogP contribution in [0.1, 0.15) is 28.7 Å². The summed E-state index contributed by atoms with van der Waals surface area (Å²) in [5, 5.41) is 10.4. The lowest BCUT2D eigenvalue weighted by Gasteiger charge is -2.31. The third-order valence-corrected chi connectivity index (χ3v) is 4.76. The van der Waals surface area contributed by atoms with E-state index in [1.54, 1.807) is 24.7 Å². The minimum atomic E-state index is -0.181. The van der Waals surface area contributed by atoms with Crippen LogP contribution in [0, 0.1) is 0 Å². The predicted molar refractivity (Wildman–Crippen MR) is 112 cm³/mol. The Bertz CT molecular complexity index is 987. The number of benzene rings is 1. The molecule has 1 N–H and O–H groups in total. The van der Waals surface area contributed by atoms with E-state index in [4.69, 9.17) is 0 Å². The molecule has 0 amide bonds. The van der Waals surface area contributed by atoms with Gasteiger partial charge in [0.25, 0.3) is 0 Å². The standard InChI is InChI=1S/C24H22N4O/c29-23-13-2-1-9-19(23)17-28(18-20-10-3-6-14-25-20)24(21-11-4-7-15-26-21)22-12-5-8-16-27-22/h1-16,24,29H,17-18H2. The fourth-order valence-electron chi connectivity index (χ4n) is 3.40. The number of hydrogen-bond acceptors (Lipinski definition) is 5. The van der Waals surface area contributed by atoms with Gasteiger partial charge in [0.15, 0.2) is 0 Å². The number of phenols is 1. The minimum absolute atomic E-state index is 0.181. The Morgan fingerprint density at radius 1 is 0.655 bits per heavy atom. The van der Waals surface area contributed by atoms with Crippen molar-refractivity contribution in [3.8, 4) is 5.75 Å². The molecule has 4 aromatic rings. The topological polar surface area (TPSA) is 62.1 Å². The van der Waals surface area contributed by atoms with Crippen molar-refractivity contribution in [2.75, 3.05) is 0 Å². The largest absolute Gasteiger partial charge is 0.508 e. The van der Waals surface area contributed by atoms with Crippen LogP contribution in [-0.2, 0) is 13.1 Å². The van der Waals surface area contributed by atoms with Crippen LogP contribution in [0.4, 0.5) is 0 Å². The third kappa shape index (κ3) is 4.65. The molecule has 0 unspecified atom stereocenters. The zero-order valence-corrected chi connectivity index (χ0v) is 16.0. The molecule has 0 aliphatic heterocycles. The fourth-order valence-corrected chi connectivity index (χ4v) is 3.40. The maximum atomic E-state index is 10.4. The van der Waals surface area contributed by atoms with Crippen LogP contribution >= 0.6 is 0 Å². The van der Waals surface area contributed by atoms with Crippen molar-refractivity contribution in [2.24, 2.45) is 0 Å². The number of aromatic nitrogens is 3. The monoisotopic (exact) mass is 382 g/mol. The van der Waals surface area contributed by atoms with E-state index in [0.29, 0.717) is 13.1 Å². The number of hydrogen-bond donors (Lipinski definition) is 1. The number of phenolic OH excluding ortho intramolecular Hbond substituents is 1. The zero-order valence-electron chi connectivity index (χ0n) is 16.0. The van der Waals surface area contributed by atoms with Crippen molar-refractivity contribution < 1.29 is 5.11 Å². The second kappa shape index (κ2) is 9.08. The van der Waals surface area contributed by atoms with Gasteiger partial charge in [-0.15, -0.1) is 0 Å². The van der Waals surface area contributed by atoms with Gasteiger partial charge in [-0.2, -0.15) is 0 Å². The molecule has 0 atom stereocenters. The summed E-state index contributed by atoms with van der Waals surface area (Å²) in [6.07, 6.45) is 5.39. The zero-order chi connectivity index (χ0) is 19.9. The van der Waals surface area contributed by atoms with Gasteiger partial charge >= 0.3 is 0 Å². The first-order valence-electron chi connectivity index (χ1n) is 9.54. The van der Waals surface area contributed by atoms with Crippen molar-refractivity contribution in [2.45, 2.75) is 19.1 Å². The van der Waals surface area contributed by atoms with Gasteiger partial charge in [0.2, 0.25) is 0 Å². The minimum Gasteiger partial charge on any atom is -0.508 e. The summed E-state index contributed by atoms with van der Waals surface area (Å²) in [7, 11) is 0. The molecule has 0 aliphatic carbocycles. The van der Waals surface area contributed by atoms with Gasteiger partial charge in [-0.1, -0.05) is 36.4 Å². The summed E-state index contributed by atoms with van der Waals surface area (Å²) in [5.41, 5.74) is 3.59. The Hall–Kier alpha value is -3.57. The van der Waals surface area contributed by atoms with Crippen LogP contribution in [0.15, 0.2) is 97.5 Å². The first-order valence-corrected chi connectivity index (χ1v) is 9.54. The van der Waals surface area contributed by atoms with Gasteiger partial charge in [0.1, 0.15) is 5.75 Å². The van der Waals surface area contributed by atoms with Gasteiger partial charge in [-0.3, -0.25) is 19.9 Å². The third-order valence-electron chi connectivity index (χ3n) is 4.76. The molecule has 5 nitrogen and oxygen atoms in total. The molecule has 3 aromatic heterocycles. The quantitative estimate of drug-likeness (QED) is 0.514. The summed E-state index contributed by atoms with van der Waals surface area (Å²) >= 11 is 0. The van der Waals surface area contributed by atoms with E-state index < -0.39 is 0 Å². The Morgan fingerprint density at radius 3 is 1.79 bits per heavy atom. The summed E-state index contributed by atoms with van der Waals surface area (Å²) in [5.74, 6) is 0.277. The number of para-hydroxylation sites is 1. The van der Waals surface area contributed by atoms with Gasteiger partial charge in [-0.05, 0) is 42.5 Å². The number of pyridine rings is 3. The lowest BCUT2D eigenvalue weighted by atomic mass is 10.0. The van der Waals surface area contributed by atoms with Crippen molar-refractivity contribution in [3.05, 3.63) is 120 Å². The smallest absolute Gasteiger partial charge is 0.120 e. The molecule has 5 heteroatoms. The van der Waals surface area contributed by atoms with E-state index in [1.807, 2.05) is 72.8 Å². The maximum absolute atomic E-state index is 10.4. The van der Waals surface area contributed by atoms with E-state index in [-0.39, 0.29) is 11.8 Å². The summed E-state index contributed by atoms with van der Waals surface area (Å²) in [4.78, 5) is 16.0. The Morgan fingerprint density at radius 2 is 1.24 bits per heavy atom.